The Labute approximate surface area is 150 Å². The number of amides is 1. The highest BCUT2D eigenvalue weighted by molar-refractivity contribution is 7.18. The number of aryl methyl sites for hydroxylation is 1. The van der Waals surface area contributed by atoms with Gasteiger partial charge < -0.3 is 14.9 Å². The summed E-state index contributed by atoms with van der Waals surface area (Å²) in [7, 11) is 1.95. The zero-order valence-electron chi connectivity index (χ0n) is 14.4. The highest BCUT2D eigenvalue weighted by Crippen LogP contribution is 2.42. The topological polar surface area (TPSA) is 73.7 Å². The van der Waals surface area contributed by atoms with Crippen molar-refractivity contribution in [3.8, 4) is 0 Å². The van der Waals surface area contributed by atoms with Crippen LogP contribution >= 0.6 is 11.3 Å². The van der Waals surface area contributed by atoms with Gasteiger partial charge in [0.05, 0.1) is 15.2 Å². The van der Waals surface area contributed by atoms with E-state index in [4.69, 9.17) is 0 Å². The van der Waals surface area contributed by atoms with Crippen LogP contribution in [-0.4, -0.2) is 65.0 Å². The molecule has 0 saturated carbocycles. The average Bonchev–Trinajstić information content (AvgIpc) is 3.13. The molecule has 2 saturated heterocycles. The second-order valence-corrected chi connectivity index (χ2v) is 8.52. The van der Waals surface area contributed by atoms with Gasteiger partial charge in [-0.1, -0.05) is 0 Å². The highest BCUT2D eigenvalue weighted by Gasteiger charge is 2.55. The van der Waals surface area contributed by atoms with Gasteiger partial charge in [-0.2, -0.15) is 0 Å². The molecule has 7 heteroatoms. The van der Waals surface area contributed by atoms with E-state index in [1.807, 2.05) is 26.1 Å². The third kappa shape index (κ3) is 2.62. The number of carbonyl (C=O) groups excluding carboxylic acids is 1. The number of likely N-dealkylation sites (tertiary alicyclic amines) is 2. The van der Waals surface area contributed by atoms with Gasteiger partial charge in [-0.25, -0.2) is 4.98 Å². The smallest absolute Gasteiger partial charge is 0.313 e. The molecule has 0 radical (unpaired) electrons. The minimum absolute atomic E-state index is 0.0273. The highest BCUT2D eigenvalue weighted by atomic mass is 32.1. The number of hydrogen-bond donors (Lipinski definition) is 1. The molecule has 0 unspecified atom stereocenters. The van der Waals surface area contributed by atoms with Gasteiger partial charge in [-0.05, 0) is 51.1 Å². The van der Waals surface area contributed by atoms with Crippen molar-refractivity contribution in [3.05, 3.63) is 28.8 Å². The summed E-state index contributed by atoms with van der Waals surface area (Å²) < 4.78 is 0.993. The molecule has 6 nitrogen and oxygen atoms in total. The Hall–Kier alpha value is -1.99. The predicted octanol–water partition coefficient (Wildman–Crippen LogP) is 2.08. The van der Waals surface area contributed by atoms with Gasteiger partial charge in [0.15, 0.2) is 0 Å². The Kier molecular flexibility index (Phi) is 3.81. The summed E-state index contributed by atoms with van der Waals surface area (Å²) in [6.45, 7) is 4.15. The molecule has 1 aromatic heterocycles. The van der Waals surface area contributed by atoms with Crippen LogP contribution in [0.4, 0.5) is 0 Å². The molecular weight excluding hydrogens is 338 g/mol. The maximum absolute atomic E-state index is 13.0. The largest absolute Gasteiger partial charge is 0.481 e. The maximum Gasteiger partial charge on any atom is 0.313 e. The molecule has 2 aliphatic rings. The number of aromatic nitrogens is 1. The van der Waals surface area contributed by atoms with Crippen LogP contribution < -0.4 is 0 Å². The molecule has 2 fully saturated rings. The quantitative estimate of drug-likeness (QED) is 0.889. The monoisotopic (exact) mass is 359 g/mol. The number of nitrogens with zero attached hydrogens (tertiary/aromatic N) is 3. The van der Waals surface area contributed by atoms with Gasteiger partial charge in [0, 0.05) is 25.2 Å². The van der Waals surface area contributed by atoms with Crippen LogP contribution in [0.1, 0.15) is 21.8 Å². The van der Waals surface area contributed by atoms with Gasteiger partial charge >= 0.3 is 5.97 Å². The van der Waals surface area contributed by atoms with Crippen molar-refractivity contribution in [2.75, 3.05) is 33.2 Å². The molecule has 25 heavy (non-hydrogen) atoms. The number of hydrogen-bond acceptors (Lipinski definition) is 5. The van der Waals surface area contributed by atoms with Crippen LogP contribution in [0.15, 0.2) is 18.2 Å². The summed E-state index contributed by atoms with van der Waals surface area (Å²) in [4.78, 5) is 33.2. The van der Waals surface area contributed by atoms with Gasteiger partial charge in [0.25, 0.3) is 5.91 Å². The Morgan fingerprint density at radius 3 is 2.92 bits per heavy atom. The number of rotatable bonds is 2. The molecule has 4 rings (SSSR count). The van der Waals surface area contributed by atoms with E-state index in [1.54, 1.807) is 22.3 Å². The number of carboxylic acids is 1. The number of thiazole rings is 1. The SMILES string of the molecule is Cc1nc2ccc(C(=O)N3C[C@H]4CCN(C)C[C@@]4(C(=O)O)C3)cc2s1. The number of benzene rings is 1. The van der Waals surface area contributed by atoms with Gasteiger partial charge in [0.2, 0.25) is 0 Å². The van der Waals surface area contributed by atoms with Crippen LogP contribution in [0.2, 0.25) is 0 Å². The fourth-order valence-electron chi connectivity index (χ4n) is 4.28. The molecule has 2 atom stereocenters. The molecule has 2 aromatic rings. The standard InChI is InChI=1S/C18H21N3O3S/c1-11-19-14-4-3-12(7-15(14)25-11)16(22)21-8-13-5-6-20(2)9-18(13,10-21)17(23)24/h3-4,7,13H,5-6,8-10H2,1-2H3,(H,23,24)/t13-,18-/m1/s1. The second-order valence-electron chi connectivity index (χ2n) is 7.29. The molecule has 0 bridgehead atoms. The third-order valence-electron chi connectivity index (χ3n) is 5.56. The Morgan fingerprint density at radius 2 is 2.16 bits per heavy atom. The summed E-state index contributed by atoms with van der Waals surface area (Å²) in [5.41, 5.74) is 0.676. The van der Waals surface area contributed by atoms with E-state index < -0.39 is 11.4 Å². The van der Waals surface area contributed by atoms with E-state index in [1.165, 1.54) is 0 Å². The first-order valence-electron chi connectivity index (χ1n) is 8.47. The number of aliphatic carboxylic acids is 1. The van der Waals surface area contributed by atoms with Crippen LogP contribution in [0, 0.1) is 18.3 Å². The first-order valence-corrected chi connectivity index (χ1v) is 9.29. The lowest BCUT2D eigenvalue weighted by Gasteiger charge is -2.39. The number of fused-ring (bicyclic) bond motifs is 2. The van der Waals surface area contributed by atoms with Crippen molar-refractivity contribution in [2.24, 2.45) is 11.3 Å². The Balaban J connectivity index is 1.63. The van der Waals surface area contributed by atoms with Crippen LogP contribution in [-0.2, 0) is 4.79 Å². The Morgan fingerprint density at radius 1 is 1.36 bits per heavy atom. The molecule has 1 aromatic carbocycles. The van der Waals surface area contributed by atoms with Crippen LogP contribution in [0.5, 0.6) is 0 Å². The van der Waals surface area contributed by atoms with Crippen LogP contribution in [0.25, 0.3) is 10.2 Å². The van der Waals surface area contributed by atoms with Crippen molar-refractivity contribution in [1.29, 1.82) is 0 Å². The van der Waals surface area contributed by atoms with Crippen LogP contribution in [0.3, 0.4) is 0 Å². The lowest BCUT2D eigenvalue weighted by Crippen LogP contribution is -2.52. The predicted molar refractivity (Wildman–Crippen MR) is 95.9 cm³/mol. The molecule has 3 heterocycles. The normalized spacial score (nSPS) is 26.8. The van der Waals surface area contributed by atoms with Crippen molar-refractivity contribution >= 4 is 33.4 Å². The molecule has 132 valence electrons. The van der Waals surface area contributed by atoms with Crippen molar-refractivity contribution < 1.29 is 14.7 Å². The molecular formula is C18H21N3O3S. The van der Waals surface area contributed by atoms with Crippen molar-refractivity contribution in [1.82, 2.24) is 14.8 Å². The minimum atomic E-state index is -0.839. The van der Waals surface area contributed by atoms with E-state index in [0.29, 0.717) is 18.7 Å². The van der Waals surface area contributed by atoms with Crippen molar-refractivity contribution in [2.45, 2.75) is 13.3 Å². The molecule has 1 amide bonds. The number of piperidine rings is 1. The molecule has 1 N–H and O–H groups in total. The Bertz CT molecular complexity index is 864. The summed E-state index contributed by atoms with van der Waals surface area (Å²) in [6.07, 6.45) is 0.819. The first kappa shape index (κ1) is 16.5. The zero-order valence-corrected chi connectivity index (χ0v) is 15.2. The maximum atomic E-state index is 13.0. The summed E-state index contributed by atoms with van der Waals surface area (Å²) in [5.74, 6) is -0.835. The van der Waals surface area contributed by atoms with E-state index in [2.05, 4.69) is 9.88 Å². The van der Waals surface area contributed by atoms with E-state index >= 15 is 0 Å². The average molecular weight is 359 g/mol. The van der Waals surface area contributed by atoms with E-state index in [-0.39, 0.29) is 18.4 Å². The summed E-state index contributed by atoms with van der Waals surface area (Å²) in [5, 5.41) is 10.8. The lowest BCUT2D eigenvalue weighted by atomic mass is 9.73. The third-order valence-corrected chi connectivity index (χ3v) is 6.50. The number of carboxylic acid groups (broad SMARTS) is 1. The van der Waals surface area contributed by atoms with Gasteiger partial charge in [-0.3, -0.25) is 9.59 Å². The number of carbonyl (C=O) groups is 2. The zero-order chi connectivity index (χ0) is 17.8. The second kappa shape index (κ2) is 5.78. The first-order chi connectivity index (χ1) is 11.9. The fraction of sp³-hybridized carbons (Fsp3) is 0.500. The molecule has 0 aliphatic carbocycles. The van der Waals surface area contributed by atoms with Crippen molar-refractivity contribution in [3.63, 3.8) is 0 Å². The molecule has 0 spiro atoms. The van der Waals surface area contributed by atoms with E-state index in [9.17, 15) is 14.7 Å². The fourth-order valence-corrected chi connectivity index (χ4v) is 5.15. The minimum Gasteiger partial charge on any atom is -0.481 e. The van der Waals surface area contributed by atoms with Gasteiger partial charge in [0.1, 0.15) is 5.41 Å². The summed E-state index contributed by atoms with van der Waals surface area (Å²) in [6, 6.07) is 5.55. The molecule has 2 aliphatic heterocycles. The summed E-state index contributed by atoms with van der Waals surface area (Å²) >= 11 is 1.57. The van der Waals surface area contributed by atoms with E-state index in [0.717, 1.165) is 28.2 Å². The lowest BCUT2D eigenvalue weighted by molar-refractivity contribution is -0.153. The van der Waals surface area contributed by atoms with Gasteiger partial charge in [-0.15, -0.1) is 11.3 Å².